The van der Waals surface area contributed by atoms with Gasteiger partial charge in [0.15, 0.2) is 5.82 Å². The van der Waals surface area contributed by atoms with Gasteiger partial charge in [-0.25, -0.2) is 9.97 Å². The molecule has 1 aromatic carbocycles. The average Bonchev–Trinajstić information content (AvgIpc) is 2.37. The summed E-state index contributed by atoms with van der Waals surface area (Å²) in [5, 5.41) is 2.72. The van der Waals surface area contributed by atoms with Gasteiger partial charge in [0, 0.05) is 13.2 Å². The molecule has 2 rings (SSSR count). The standard InChI is InChI=1S/C13H11ClF3N3O/c1-21-7-12-19-10(14)6-11(20-12)18-9-5-3-2-4-8(9)13(15,16)17/h2-6H,7H2,1H3,(H,18,19,20). The highest BCUT2D eigenvalue weighted by Gasteiger charge is 2.33. The zero-order valence-electron chi connectivity index (χ0n) is 10.9. The highest BCUT2D eigenvalue weighted by Crippen LogP contribution is 2.35. The van der Waals surface area contributed by atoms with Crippen molar-refractivity contribution in [2.75, 3.05) is 12.4 Å². The normalized spacial score (nSPS) is 11.5. The summed E-state index contributed by atoms with van der Waals surface area (Å²) in [5.74, 6) is 0.440. The molecule has 0 aliphatic carbocycles. The molecule has 0 bridgehead atoms. The van der Waals surface area contributed by atoms with Crippen LogP contribution in [0.15, 0.2) is 30.3 Å². The molecule has 0 amide bonds. The van der Waals surface area contributed by atoms with E-state index in [1.807, 2.05) is 0 Å². The van der Waals surface area contributed by atoms with Gasteiger partial charge in [-0.2, -0.15) is 13.2 Å². The van der Waals surface area contributed by atoms with Crippen LogP contribution in [0.4, 0.5) is 24.7 Å². The van der Waals surface area contributed by atoms with Gasteiger partial charge in [0.25, 0.3) is 0 Å². The highest BCUT2D eigenvalue weighted by molar-refractivity contribution is 6.29. The van der Waals surface area contributed by atoms with Crippen molar-refractivity contribution >= 4 is 23.1 Å². The van der Waals surface area contributed by atoms with Gasteiger partial charge in [0.05, 0.1) is 11.3 Å². The fourth-order valence-electron chi connectivity index (χ4n) is 1.70. The van der Waals surface area contributed by atoms with Crippen molar-refractivity contribution in [1.29, 1.82) is 0 Å². The molecule has 112 valence electrons. The van der Waals surface area contributed by atoms with E-state index in [2.05, 4.69) is 15.3 Å². The molecule has 1 heterocycles. The van der Waals surface area contributed by atoms with Crippen LogP contribution in [0.2, 0.25) is 5.15 Å². The number of para-hydroxylation sites is 1. The Balaban J connectivity index is 2.35. The number of hydrogen-bond donors (Lipinski definition) is 1. The van der Waals surface area contributed by atoms with Crippen LogP contribution in [0.1, 0.15) is 11.4 Å². The van der Waals surface area contributed by atoms with Crippen LogP contribution in [-0.2, 0) is 17.5 Å². The van der Waals surface area contributed by atoms with Crippen molar-refractivity contribution in [3.05, 3.63) is 46.9 Å². The SMILES string of the molecule is COCc1nc(Cl)cc(Nc2ccccc2C(F)(F)F)n1. The lowest BCUT2D eigenvalue weighted by atomic mass is 10.1. The van der Waals surface area contributed by atoms with Crippen molar-refractivity contribution in [2.24, 2.45) is 0 Å². The predicted octanol–water partition coefficient (Wildman–Crippen LogP) is 4.04. The molecule has 1 aromatic heterocycles. The van der Waals surface area contributed by atoms with Gasteiger partial charge in [0.2, 0.25) is 0 Å². The number of rotatable bonds is 4. The van der Waals surface area contributed by atoms with Crippen LogP contribution in [-0.4, -0.2) is 17.1 Å². The molecule has 0 spiro atoms. The predicted molar refractivity (Wildman–Crippen MR) is 72.5 cm³/mol. The third kappa shape index (κ3) is 4.05. The van der Waals surface area contributed by atoms with Crippen molar-refractivity contribution < 1.29 is 17.9 Å². The maximum Gasteiger partial charge on any atom is 0.418 e. The van der Waals surface area contributed by atoms with Crippen LogP contribution in [0.5, 0.6) is 0 Å². The van der Waals surface area contributed by atoms with E-state index >= 15 is 0 Å². The lowest BCUT2D eigenvalue weighted by molar-refractivity contribution is -0.136. The van der Waals surface area contributed by atoms with Crippen LogP contribution in [0.3, 0.4) is 0 Å². The summed E-state index contributed by atoms with van der Waals surface area (Å²) in [4.78, 5) is 7.95. The maximum atomic E-state index is 12.9. The third-order valence-corrected chi connectivity index (χ3v) is 2.70. The molecule has 21 heavy (non-hydrogen) atoms. The van der Waals surface area contributed by atoms with Gasteiger partial charge in [-0.15, -0.1) is 0 Å². The fourth-order valence-corrected chi connectivity index (χ4v) is 1.90. The first-order valence-corrected chi connectivity index (χ1v) is 6.23. The summed E-state index contributed by atoms with van der Waals surface area (Å²) in [6, 6.07) is 6.46. The van der Waals surface area contributed by atoms with E-state index in [0.29, 0.717) is 0 Å². The number of hydrogen-bond acceptors (Lipinski definition) is 4. The van der Waals surface area contributed by atoms with E-state index in [0.717, 1.165) is 6.07 Å². The van der Waals surface area contributed by atoms with Gasteiger partial charge in [-0.05, 0) is 12.1 Å². The van der Waals surface area contributed by atoms with E-state index < -0.39 is 11.7 Å². The van der Waals surface area contributed by atoms with Gasteiger partial charge in [-0.1, -0.05) is 23.7 Å². The number of alkyl halides is 3. The summed E-state index contributed by atoms with van der Waals surface area (Å²) >= 11 is 5.81. The maximum absolute atomic E-state index is 12.9. The van der Waals surface area contributed by atoms with Crippen molar-refractivity contribution in [3.8, 4) is 0 Å². The van der Waals surface area contributed by atoms with Crippen LogP contribution in [0, 0.1) is 0 Å². The molecule has 4 nitrogen and oxygen atoms in total. The molecule has 0 saturated heterocycles. The molecular weight excluding hydrogens is 307 g/mol. The summed E-state index contributed by atoms with van der Waals surface area (Å²) in [5.41, 5.74) is -0.892. The Morgan fingerprint density at radius 1 is 1.24 bits per heavy atom. The minimum Gasteiger partial charge on any atom is -0.377 e. The Kier molecular flexibility index (Phi) is 4.64. The molecular formula is C13H11ClF3N3O. The van der Waals surface area contributed by atoms with Crippen molar-refractivity contribution in [1.82, 2.24) is 9.97 Å². The molecule has 0 radical (unpaired) electrons. The Bertz CT molecular complexity index is 634. The number of ether oxygens (including phenoxy) is 1. The quantitative estimate of drug-likeness (QED) is 0.865. The van der Waals surface area contributed by atoms with Crippen LogP contribution >= 0.6 is 11.6 Å². The Labute approximate surface area is 123 Å². The number of benzene rings is 1. The second-order valence-electron chi connectivity index (χ2n) is 4.09. The Morgan fingerprint density at radius 3 is 2.62 bits per heavy atom. The van der Waals surface area contributed by atoms with E-state index in [1.54, 1.807) is 0 Å². The zero-order chi connectivity index (χ0) is 15.5. The van der Waals surface area contributed by atoms with Gasteiger partial charge < -0.3 is 10.1 Å². The molecule has 0 saturated carbocycles. The number of anilines is 2. The third-order valence-electron chi connectivity index (χ3n) is 2.51. The summed E-state index contributed by atoms with van der Waals surface area (Å²) in [7, 11) is 1.45. The van der Waals surface area contributed by atoms with Gasteiger partial charge in [0.1, 0.15) is 17.6 Å². The molecule has 8 heteroatoms. The molecule has 2 aromatic rings. The smallest absolute Gasteiger partial charge is 0.377 e. The summed E-state index contributed by atoms with van der Waals surface area (Å²) < 4.78 is 43.6. The molecule has 0 aliphatic rings. The fraction of sp³-hybridized carbons (Fsp3) is 0.231. The first-order chi connectivity index (χ1) is 9.90. The topological polar surface area (TPSA) is 47.0 Å². The second kappa shape index (κ2) is 6.28. The Morgan fingerprint density at radius 2 is 1.95 bits per heavy atom. The molecule has 1 N–H and O–H groups in total. The second-order valence-corrected chi connectivity index (χ2v) is 4.48. The first-order valence-electron chi connectivity index (χ1n) is 5.86. The minimum atomic E-state index is -4.46. The van der Waals surface area contributed by atoms with E-state index in [4.69, 9.17) is 16.3 Å². The van der Waals surface area contributed by atoms with E-state index in [1.165, 1.54) is 31.4 Å². The summed E-state index contributed by atoms with van der Waals surface area (Å²) in [6.07, 6.45) is -4.46. The molecule has 0 aliphatic heterocycles. The van der Waals surface area contributed by atoms with Crippen molar-refractivity contribution in [2.45, 2.75) is 12.8 Å². The summed E-state index contributed by atoms with van der Waals surface area (Å²) in [6.45, 7) is 0.107. The molecule has 0 unspecified atom stereocenters. The minimum absolute atomic E-state index is 0.107. The van der Waals surface area contributed by atoms with Crippen LogP contribution < -0.4 is 5.32 Å². The zero-order valence-corrected chi connectivity index (χ0v) is 11.7. The lowest BCUT2D eigenvalue weighted by Gasteiger charge is -2.14. The number of aromatic nitrogens is 2. The van der Waals surface area contributed by atoms with Crippen LogP contribution in [0.25, 0.3) is 0 Å². The monoisotopic (exact) mass is 317 g/mol. The van der Waals surface area contributed by atoms with Gasteiger partial charge >= 0.3 is 6.18 Å². The molecule has 0 fully saturated rings. The number of nitrogens with one attached hydrogen (secondary N) is 1. The number of halogens is 4. The van der Waals surface area contributed by atoms with Gasteiger partial charge in [-0.3, -0.25) is 0 Å². The van der Waals surface area contributed by atoms with E-state index in [-0.39, 0.29) is 29.1 Å². The number of nitrogens with zero attached hydrogens (tertiary/aromatic N) is 2. The first kappa shape index (κ1) is 15.5. The average molecular weight is 318 g/mol. The largest absolute Gasteiger partial charge is 0.418 e. The number of methoxy groups -OCH3 is 1. The highest BCUT2D eigenvalue weighted by atomic mass is 35.5. The molecule has 0 atom stereocenters. The Hall–Kier alpha value is -1.86. The van der Waals surface area contributed by atoms with E-state index in [9.17, 15) is 13.2 Å². The van der Waals surface area contributed by atoms with Crippen molar-refractivity contribution in [3.63, 3.8) is 0 Å². The lowest BCUT2D eigenvalue weighted by Crippen LogP contribution is -2.09.